The van der Waals surface area contributed by atoms with Gasteiger partial charge in [-0.15, -0.1) is 12.4 Å². The second-order valence-electron chi connectivity index (χ2n) is 6.28. The Labute approximate surface area is 166 Å². The van der Waals surface area contributed by atoms with E-state index < -0.39 is 17.6 Å². The molecule has 0 spiro atoms. The van der Waals surface area contributed by atoms with Gasteiger partial charge in [-0.1, -0.05) is 6.07 Å². The van der Waals surface area contributed by atoms with Crippen molar-refractivity contribution < 1.29 is 22.8 Å². The Balaban J connectivity index is 0.00000280. The fourth-order valence-corrected chi connectivity index (χ4v) is 2.93. The van der Waals surface area contributed by atoms with Crippen LogP contribution < -0.4 is 5.73 Å². The number of carbonyl (C=O) groups is 2. The van der Waals surface area contributed by atoms with E-state index >= 15 is 0 Å². The minimum absolute atomic E-state index is 0. The largest absolute Gasteiger partial charge is 0.416 e. The van der Waals surface area contributed by atoms with Crippen molar-refractivity contribution in [3.8, 4) is 0 Å². The lowest BCUT2D eigenvalue weighted by Crippen LogP contribution is -2.50. The minimum atomic E-state index is -4.50. The molecule has 1 fully saturated rings. The van der Waals surface area contributed by atoms with Crippen LogP contribution in [0.5, 0.6) is 0 Å². The van der Waals surface area contributed by atoms with Crippen molar-refractivity contribution >= 4 is 29.9 Å². The molecule has 0 aliphatic carbocycles. The molecule has 3 rings (SSSR count). The summed E-state index contributed by atoms with van der Waals surface area (Å²) in [6.45, 7) is 1.15. The average Bonchev–Trinajstić information content (AvgIpc) is 2.67. The number of hydrogen-bond donors (Lipinski definition) is 1. The van der Waals surface area contributed by atoms with Crippen LogP contribution in [-0.2, 0) is 6.18 Å². The number of nitrogen functional groups attached to an aromatic ring is 1. The monoisotopic (exact) mass is 413 g/mol. The van der Waals surface area contributed by atoms with Gasteiger partial charge in [0.25, 0.3) is 11.8 Å². The van der Waals surface area contributed by atoms with Crippen LogP contribution in [0.2, 0.25) is 0 Å². The molecule has 1 aliphatic heterocycles. The van der Waals surface area contributed by atoms with E-state index in [9.17, 15) is 22.8 Å². The molecule has 0 unspecified atom stereocenters. The van der Waals surface area contributed by atoms with Crippen LogP contribution in [0, 0.1) is 0 Å². The number of hydrogen-bond acceptors (Lipinski definition) is 3. The number of nitrogens with zero attached hydrogens (tertiary/aromatic N) is 2. The summed E-state index contributed by atoms with van der Waals surface area (Å²) in [7, 11) is 0. The maximum atomic E-state index is 12.8. The molecule has 2 amide bonds. The van der Waals surface area contributed by atoms with E-state index in [0.29, 0.717) is 24.3 Å². The van der Waals surface area contributed by atoms with Crippen molar-refractivity contribution in [1.29, 1.82) is 0 Å². The molecule has 9 heteroatoms. The minimum Gasteiger partial charge on any atom is -0.399 e. The zero-order valence-electron chi connectivity index (χ0n) is 14.8. The number of alkyl halides is 3. The zero-order valence-corrected chi connectivity index (χ0v) is 15.6. The molecular weight excluding hydrogens is 395 g/mol. The molecule has 0 bridgehead atoms. The number of rotatable bonds is 2. The maximum absolute atomic E-state index is 12.8. The normalized spacial score (nSPS) is 14.4. The summed E-state index contributed by atoms with van der Waals surface area (Å²) < 4.78 is 38.5. The van der Waals surface area contributed by atoms with Crippen molar-refractivity contribution in [2.75, 3.05) is 31.9 Å². The molecule has 1 saturated heterocycles. The van der Waals surface area contributed by atoms with Crippen LogP contribution in [0.25, 0.3) is 0 Å². The van der Waals surface area contributed by atoms with Crippen molar-refractivity contribution in [2.24, 2.45) is 0 Å². The van der Waals surface area contributed by atoms with Crippen LogP contribution in [0.3, 0.4) is 0 Å². The topological polar surface area (TPSA) is 66.6 Å². The molecule has 5 nitrogen and oxygen atoms in total. The Bertz CT molecular complexity index is 848. The first-order valence-electron chi connectivity index (χ1n) is 8.37. The molecule has 0 aromatic heterocycles. The highest BCUT2D eigenvalue weighted by Gasteiger charge is 2.32. The van der Waals surface area contributed by atoms with E-state index in [-0.39, 0.29) is 37.0 Å². The van der Waals surface area contributed by atoms with E-state index in [4.69, 9.17) is 5.73 Å². The van der Waals surface area contributed by atoms with Crippen molar-refractivity contribution in [1.82, 2.24) is 9.80 Å². The van der Waals surface area contributed by atoms with Gasteiger partial charge >= 0.3 is 6.18 Å². The highest BCUT2D eigenvalue weighted by molar-refractivity contribution is 5.96. The molecule has 2 aromatic carbocycles. The number of amides is 2. The number of benzene rings is 2. The average molecular weight is 414 g/mol. The fourth-order valence-electron chi connectivity index (χ4n) is 2.93. The van der Waals surface area contributed by atoms with Crippen molar-refractivity contribution in [2.45, 2.75) is 6.18 Å². The summed E-state index contributed by atoms with van der Waals surface area (Å²) in [6.07, 6.45) is -4.50. The zero-order chi connectivity index (χ0) is 19.6. The lowest BCUT2D eigenvalue weighted by atomic mass is 10.1. The van der Waals surface area contributed by atoms with Gasteiger partial charge in [0.1, 0.15) is 0 Å². The highest BCUT2D eigenvalue weighted by atomic mass is 35.5. The van der Waals surface area contributed by atoms with Gasteiger partial charge in [0.2, 0.25) is 0 Å². The second kappa shape index (κ2) is 8.52. The van der Waals surface area contributed by atoms with E-state index in [0.717, 1.165) is 12.1 Å². The van der Waals surface area contributed by atoms with Gasteiger partial charge in [-0.3, -0.25) is 9.59 Å². The van der Waals surface area contributed by atoms with Gasteiger partial charge in [0.05, 0.1) is 5.56 Å². The summed E-state index contributed by atoms with van der Waals surface area (Å²) in [5.41, 5.74) is 5.80. The van der Waals surface area contributed by atoms with Crippen molar-refractivity contribution in [3.63, 3.8) is 0 Å². The number of nitrogens with two attached hydrogens (primary N) is 1. The summed E-state index contributed by atoms with van der Waals surface area (Å²) in [4.78, 5) is 28.0. The molecule has 2 aromatic rings. The third-order valence-electron chi connectivity index (χ3n) is 4.45. The smallest absolute Gasteiger partial charge is 0.399 e. The summed E-state index contributed by atoms with van der Waals surface area (Å²) >= 11 is 0. The highest BCUT2D eigenvalue weighted by Crippen LogP contribution is 2.29. The molecular formula is C19H19ClF3N3O2. The maximum Gasteiger partial charge on any atom is 0.416 e. The van der Waals surface area contributed by atoms with Gasteiger partial charge < -0.3 is 15.5 Å². The molecule has 150 valence electrons. The lowest BCUT2D eigenvalue weighted by Gasteiger charge is -2.35. The number of piperazine rings is 1. The molecule has 0 saturated carbocycles. The first kappa shape index (κ1) is 21.6. The van der Waals surface area contributed by atoms with Gasteiger partial charge in [0, 0.05) is 43.0 Å². The van der Waals surface area contributed by atoms with E-state index in [1.54, 1.807) is 29.2 Å². The molecule has 2 N–H and O–H groups in total. The Hall–Kier alpha value is -2.74. The Morgan fingerprint density at radius 1 is 0.821 bits per heavy atom. The van der Waals surface area contributed by atoms with E-state index in [2.05, 4.69) is 0 Å². The van der Waals surface area contributed by atoms with Crippen molar-refractivity contribution in [3.05, 3.63) is 65.2 Å². The van der Waals surface area contributed by atoms with Gasteiger partial charge in [-0.05, 0) is 42.5 Å². The summed E-state index contributed by atoms with van der Waals surface area (Å²) in [6, 6.07) is 10.9. The van der Waals surface area contributed by atoms with Crippen LogP contribution in [0.4, 0.5) is 18.9 Å². The number of halogens is 4. The Kier molecular flexibility index (Phi) is 6.56. The summed E-state index contributed by atoms with van der Waals surface area (Å²) in [5, 5.41) is 0. The van der Waals surface area contributed by atoms with Crippen LogP contribution in [0.1, 0.15) is 26.3 Å². The van der Waals surface area contributed by atoms with Crippen LogP contribution in [0.15, 0.2) is 48.5 Å². The second-order valence-corrected chi connectivity index (χ2v) is 6.28. The Morgan fingerprint density at radius 3 is 1.82 bits per heavy atom. The predicted octanol–water partition coefficient (Wildman–Crippen LogP) is 3.31. The van der Waals surface area contributed by atoms with Crippen LogP contribution in [-0.4, -0.2) is 47.8 Å². The first-order valence-corrected chi connectivity index (χ1v) is 8.37. The SMILES string of the molecule is Cl.Nc1ccc(C(=O)N2CCN(C(=O)c3cccc(C(F)(F)F)c3)CC2)cc1. The fraction of sp³-hybridized carbons (Fsp3) is 0.263. The number of anilines is 1. The third-order valence-corrected chi connectivity index (χ3v) is 4.45. The molecule has 1 aliphatic rings. The Morgan fingerprint density at radius 2 is 1.32 bits per heavy atom. The van der Waals surface area contributed by atoms with Gasteiger partial charge in [-0.2, -0.15) is 13.2 Å². The van der Waals surface area contributed by atoms with Crippen LogP contribution >= 0.6 is 12.4 Å². The molecule has 1 heterocycles. The molecule has 28 heavy (non-hydrogen) atoms. The first-order chi connectivity index (χ1) is 12.8. The van der Waals surface area contributed by atoms with E-state index in [1.165, 1.54) is 17.0 Å². The summed E-state index contributed by atoms with van der Waals surface area (Å²) in [5.74, 6) is -0.637. The standard InChI is InChI=1S/C19H18F3N3O2.ClH/c20-19(21,22)15-3-1-2-14(12-15)18(27)25-10-8-24(9-11-25)17(26)13-4-6-16(23)7-5-13;/h1-7,12H,8-11,23H2;1H. The lowest BCUT2D eigenvalue weighted by molar-refractivity contribution is -0.137. The van der Waals surface area contributed by atoms with Gasteiger partial charge in [0.15, 0.2) is 0 Å². The van der Waals surface area contributed by atoms with E-state index in [1.807, 2.05) is 0 Å². The molecule has 0 atom stereocenters. The quantitative estimate of drug-likeness (QED) is 0.768. The number of carbonyl (C=O) groups excluding carboxylic acids is 2. The van der Waals surface area contributed by atoms with Gasteiger partial charge in [-0.25, -0.2) is 0 Å². The predicted molar refractivity (Wildman–Crippen MR) is 101 cm³/mol. The molecule has 0 radical (unpaired) electrons. The third kappa shape index (κ3) is 4.75.